The van der Waals surface area contributed by atoms with E-state index in [2.05, 4.69) is 4.74 Å². The molecule has 0 bridgehead atoms. The van der Waals surface area contributed by atoms with Crippen LogP contribution < -0.4 is 0 Å². The fourth-order valence-corrected chi connectivity index (χ4v) is 4.15. The van der Waals surface area contributed by atoms with Crippen LogP contribution >= 0.6 is 0 Å². The van der Waals surface area contributed by atoms with Crippen molar-refractivity contribution in [3.63, 3.8) is 0 Å². The molecule has 0 N–H and O–H groups in total. The van der Waals surface area contributed by atoms with Gasteiger partial charge in [0.25, 0.3) is 0 Å². The van der Waals surface area contributed by atoms with Gasteiger partial charge in [-0.05, 0) is 19.3 Å². The number of methoxy groups -OCH3 is 1. The third-order valence-corrected chi connectivity index (χ3v) is 5.94. The summed E-state index contributed by atoms with van der Waals surface area (Å²) in [7, 11) is 1.41. The molecule has 9 nitrogen and oxygen atoms in total. The molecule has 0 saturated carbocycles. The van der Waals surface area contributed by atoms with E-state index in [9.17, 15) is 14.4 Å². The van der Waals surface area contributed by atoms with Crippen LogP contribution in [0, 0.1) is 0 Å². The molecule has 0 aromatic rings. The lowest BCUT2D eigenvalue weighted by Crippen LogP contribution is -2.33. The van der Waals surface area contributed by atoms with Crippen LogP contribution in [-0.2, 0) is 33.2 Å². The number of esters is 1. The first-order chi connectivity index (χ1) is 14.5. The highest BCUT2D eigenvalue weighted by atomic mass is 16.8. The molecule has 0 aromatic heterocycles. The molecule has 170 valence electrons. The van der Waals surface area contributed by atoms with E-state index in [0.29, 0.717) is 25.7 Å². The van der Waals surface area contributed by atoms with Crippen molar-refractivity contribution in [2.45, 2.75) is 108 Å². The molecule has 0 aromatic carbocycles. The van der Waals surface area contributed by atoms with E-state index in [1.165, 1.54) is 7.11 Å². The van der Waals surface area contributed by atoms with E-state index in [1.807, 2.05) is 6.92 Å². The van der Waals surface area contributed by atoms with Gasteiger partial charge in [0.1, 0.15) is 24.4 Å². The van der Waals surface area contributed by atoms with Crippen LogP contribution in [-0.4, -0.2) is 62.0 Å². The third-order valence-electron chi connectivity index (χ3n) is 5.94. The van der Waals surface area contributed by atoms with E-state index in [0.717, 1.165) is 38.5 Å². The molecule has 0 spiro atoms. The summed E-state index contributed by atoms with van der Waals surface area (Å²) in [6.45, 7) is 1.91. The molecule has 0 amide bonds. The second-order valence-electron chi connectivity index (χ2n) is 8.10. The zero-order chi connectivity index (χ0) is 21.5. The topological polar surface area (TPSA) is 110 Å². The van der Waals surface area contributed by atoms with Crippen LogP contribution in [0.2, 0.25) is 0 Å². The summed E-state index contributed by atoms with van der Waals surface area (Å²) >= 11 is 0. The summed E-state index contributed by atoms with van der Waals surface area (Å²) in [6.07, 6.45) is 5.46. The monoisotopic (exact) mass is 428 g/mol. The molecule has 6 atom stereocenters. The molecule has 3 aliphatic heterocycles. The summed E-state index contributed by atoms with van der Waals surface area (Å²) in [4.78, 5) is 34.1. The Morgan fingerprint density at radius 1 is 0.767 bits per heavy atom. The highest BCUT2D eigenvalue weighted by molar-refractivity contribution is 5.69. The number of epoxide rings is 1. The minimum absolute atomic E-state index is 0.0654. The van der Waals surface area contributed by atoms with E-state index in [1.54, 1.807) is 0 Å². The highest BCUT2D eigenvalue weighted by Crippen LogP contribution is 2.36. The number of hydrogen-bond donors (Lipinski definition) is 0. The molecule has 3 rings (SSSR count). The van der Waals surface area contributed by atoms with Crippen LogP contribution in [0.1, 0.15) is 71.1 Å². The third kappa shape index (κ3) is 6.48. The van der Waals surface area contributed by atoms with Gasteiger partial charge in [-0.15, -0.1) is 0 Å². The predicted octanol–water partition coefficient (Wildman–Crippen LogP) is 3.66. The minimum atomic E-state index is -0.688. The van der Waals surface area contributed by atoms with Gasteiger partial charge in [0.05, 0.1) is 19.3 Å². The minimum Gasteiger partial charge on any atom is -0.469 e. The highest BCUT2D eigenvalue weighted by Gasteiger charge is 2.48. The lowest BCUT2D eigenvalue weighted by molar-refractivity contribution is -0.140. The number of carbonyl (C=O) groups excluding carboxylic acids is 3. The fraction of sp³-hybridized carbons (Fsp3) is 0.857. The van der Waals surface area contributed by atoms with Crippen molar-refractivity contribution in [3.05, 3.63) is 0 Å². The lowest BCUT2D eigenvalue weighted by atomic mass is 9.97. The number of cyclic esters (lactones) is 4. The van der Waals surface area contributed by atoms with Crippen molar-refractivity contribution in [1.29, 1.82) is 0 Å². The number of carbonyl (C=O) groups is 3. The standard InChI is InChI=1S/C21H32O9/c1-3-13-15(28-20(23)27-13)11-17-18(30-21(24)29-17)12-16-14(26-16)9-7-5-4-6-8-10-19(22)25-2/h13-18H,3-12H2,1-2H3. The average molecular weight is 428 g/mol. The maximum absolute atomic E-state index is 11.6. The summed E-state index contributed by atoms with van der Waals surface area (Å²) in [6, 6.07) is 0. The van der Waals surface area contributed by atoms with Gasteiger partial charge < -0.3 is 28.4 Å². The molecule has 6 unspecified atom stereocenters. The zero-order valence-corrected chi connectivity index (χ0v) is 17.7. The molecular weight excluding hydrogens is 396 g/mol. The van der Waals surface area contributed by atoms with Gasteiger partial charge in [0, 0.05) is 19.3 Å². The average Bonchev–Trinajstić information content (AvgIpc) is 3.21. The summed E-state index contributed by atoms with van der Waals surface area (Å²) in [5.74, 6) is -0.150. The Morgan fingerprint density at radius 3 is 1.93 bits per heavy atom. The molecule has 3 aliphatic rings. The van der Waals surface area contributed by atoms with Gasteiger partial charge in [0.2, 0.25) is 0 Å². The maximum Gasteiger partial charge on any atom is 0.509 e. The summed E-state index contributed by atoms with van der Waals surface area (Å²) in [5, 5.41) is 0. The molecule has 3 saturated heterocycles. The van der Waals surface area contributed by atoms with Gasteiger partial charge in [-0.3, -0.25) is 4.79 Å². The van der Waals surface area contributed by atoms with Crippen molar-refractivity contribution < 1.29 is 42.8 Å². The Kier molecular flexibility index (Phi) is 8.18. The van der Waals surface area contributed by atoms with Gasteiger partial charge in [-0.1, -0.05) is 32.6 Å². The molecule has 9 heteroatoms. The smallest absolute Gasteiger partial charge is 0.469 e. The lowest BCUT2D eigenvalue weighted by Gasteiger charge is -2.19. The summed E-state index contributed by atoms with van der Waals surface area (Å²) in [5.41, 5.74) is 0. The number of rotatable bonds is 13. The van der Waals surface area contributed by atoms with E-state index < -0.39 is 30.6 Å². The molecule has 30 heavy (non-hydrogen) atoms. The van der Waals surface area contributed by atoms with Crippen molar-refractivity contribution in [3.8, 4) is 0 Å². The first-order valence-electron chi connectivity index (χ1n) is 11.0. The van der Waals surface area contributed by atoms with E-state index in [-0.39, 0.29) is 24.3 Å². The first-order valence-corrected chi connectivity index (χ1v) is 11.0. The van der Waals surface area contributed by atoms with Crippen LogP contribution in [0.5, 0.6) is 0 Å². The van der Waals surface area contributed by atoms with Gasteiger partial charge >= 0.3 is 18.3 Å². The van der Waals surface area contributed by atoms with Crippen molar-refractivity contribution in [2.75, 3.05) is 7.11 Å². The molecule has 0 radical (unpaired) electrons. The van der Waals surface area contributed by atoms with Crippen LogP contribution in [0.15, 0.2) is 0 Å². The molecule has 0 aliphatic carbocycles. The number of ether oxygens (including phenoxy) is 6. The Hall–Kier alpha value is -2.03. The molecule has 3 fully saturated rings. The molecule has 3 heterocycles. The Morgan fingerprint density at radius 2 is 1.30 bits per heavy atom. The van der Waals surface area contributed by atoms with Gasteiger partial charge in [-0.2, -0.15) is 0 Å². The number of unbranched alkanes of at least 4 members (excludes halogenated alkanes) is 4. The molecular formula is C21H32O9. The van der Waals surface area contributed by atoms with Crippen molar-refractivity contribution in [2.24, 2.45) is 0 Å². The fourth-order valence-electron chi connectivity index (χ4n) is 4.15. The van der Waals surface area contributed by atoms with Crippen molar-refractivity contribution >= 4 is 18.3 Å². The van der Waals surface area contributed by atoms with Crippen molar-refractivity contribution in [1.82, 2.24) is 0 Å². The summed E-state index contributed by atoms with van der Waals surface area (Å²) < 4.78 is 31.3. The maximum atomic E-state index is 11.6. The quantitative estimate of drug-likeness (QED) is 0.188. The van der Waals surface area contributed by atoms with Crippen LogP contribution in [0.4, 0.5) is 9.59 Å². The van der Waals surface area contributed by atoms with Crippen LogP contribution in [0.3, 0.4) is 0 Å². The second kappa shape index (κ2) is 10.8. The van der Waals surface area contributed by atoms with Crippen LogP contribution in [0.25, 0.3) is 0 Å². The normalized spacial score (nSPS) is 32.2. The van der Waals surface area contributed by atoms with Gasteiger partial charge in [-0.25, -0.2) is 9.59 Å². The Bertz CT molecular complexity index is 607. The zero-order valence-electron chi connectivity index (χ0n) is 17.7. The van der Waals surface area contributed by atoms with Gasteiger partial charge in [0.15, 0.2) is 0 Å². The Balaban J connectivity index is 1.31. The SMILES string of the molecule is CCC1OC(=O)OC1CC1OC(=O)OC1CC1OC1CCCCCCCC(=O)OC. The van der Waals surface area contributed by atoms with E-state index >= 15 is 0 Å². The van der Waals surface area contributed by atoms with E-state index in [4.69, 9.17) is 23.7 Å². The second-order valence-corrected chi connectivity index (χ2v) is 8.10. The first kappa shape index (κ1) is 22.7. The Labute approximate surface area is 176 Å². The predicted molar refractivity (Wildman–Crippen MR) is 103 cm³/mol. The number of hydrogen-bond acceptors (Lipinski definition) is 9. The largest absolute Gasteiger partial charge is 0.509 e.